The predicted molar refractivity (Wildman–Crippen MR) is 67.4 cm³/mol. The molecule has 1 aliphatic rings. The summed E-state index contributed by atoms with van der Waals surface area (Å²) in [5.41, 5.74) is 2.35. The largest absolute Gasteiger partial charge is 0.392 e. The van der Waals surface area contributed by atoms with Gasteiger partial charge in [-0.1, -0.05) is 42.3 Å². The maximum atomic E-state index is 10.4. The lowest BCUT2D eigenvalue weighted by molar-refractivity contribution is 0.0287. The van der Waals surface area contributed by atoms with Crippen LogP contribution in [0.2, 0.25) is 0 Å². The summed E-state index contributed by atoms with van der Waals surface area (Å²) in [5, 5.41) is 10.4. The average Bonchev–Trinajstić information content (AvgIpc) is 2.16. The van der Waals surface area contributed by atoms with E-state index in [0.717, 1.165) is 24.8 Å². The average molecular weight is 216 g/mol. The second-order valence-electron chi connectivity index (χ2n) is 5.05. The molecule has 0 saturated heterocycles. The van der Waals surface area contributed by atoms with E-state index >= 15 is 0 Å². The first-order valence-electron chi connectivity index (χ1n) is 6.03. The Hall–Kier alpha value is -1.08. The Balaban J connectivity index is 2.23. The Morgan fingerprint density at radius 1 is 1.38 bits per heavy atom. The van der Waals surface area contributed by atoms with Crippen LogP contribution in [0.4, 0.5) is 0 Å². The Morgan fingerprint density at radius 3 is 2.44 bits per heavy atom. The molecule has 0 heterocycles. The summed E-state index contributed by atoms with van der Waals surface area (Å²) in [6.07, 6.45) is 3.87. The molecule has 1 atom stereocenters. The van der Waals surface area contributed by atoms with Crippen molar-refractivity contribution < 1.29 is 5.11 Å². The Labute approximate surface area is 97.8 Å². The lowest BCUT2D eigenvalue weighted by Crippen LogP contribution is -2.45. The molecule has 1 heteroatoms. The van der Waals surface area contributed by atoms with Crippen molar-refractivity contribution in [1.29, 1.82) is 0 Å². The van der Waals surface area contributed by atoms with E-state index in [2.05, 4.69) is 30.8 Å². The number of hydrogen-bond acceptors (Lipinski definition) is 1. The third-order valence-electron chi connectivity index (χ3n) is 3.77. The summed E-state index contributed by atoms with van der Waals surface area (Å²) in [5.74, 6) is 0. The molecule has 2 rings (SSSR count). The topological polar surface area (TPSA) is 20.2 Å². The molecule has 1 aromatic carbocycles. The number of benzene rings is 1. The third kappa shape index (κ3) is 1.92. The van der Waals surface area contributed by atoms with E-state index in [4.69, 9.17) is 0 Å². The Bertz CT molecular complexity index is 362. The number of rotatable bonds is 4. The zero-order valence-corrected chi connectivity index (χ0v) is 9.95. The van der Waals surface area contributed by atoms with E-state index < -0.39 is 0 Å². The highest BCUT2D eigenvalue weighted by Gasteiger charge is 2.44. The minimum absolute atomic E-state index is 0.000208. The maximum Gasteiger partial charge on any atom is 0.0673 e. The molecule has 0 bridgehead atoms. The molecule has 1 aromatic rings. The summed E-state index contributed by atoms with van der Waals surface area (Å²) < 4.78 is 0. The molecule has 1 N–H and O–H groups in total. The fourth-order valence-corrected chi connectivity index (χ4v) is 2.67. The standard InChI is InChI=1S/C15H20O/c1-12(2)11-14(16)15(9-6-10-15)13-7-4-3-5-8-13/h3-5,7-8,14,16H,1,6,9-11H2,2H3. The monoisotopic (exact) mass is 216 g/mol. The number of aliphatic hydroxyl groups excluding tert-OH is 1. The van der Waals surface area contributed by atoms with Gasteiger partial charge in [-0.2, -0.15) is 0 Å². The van der Waals surface area contributed by atoms with Gasteiger partial charge in [0.2, 0.25) is 0 Å². The second kappa shape index (κ2) is 4.42. The predicted octanol–water partition coefficient (Wildman–Crippen LogP) is 3.44. The van der Waals surface area contributed by atoms with E-state index in [0.29, 0.717) is 0 Å². The van der Waals surface area contributed by atoms with Gasteiger partial charge in [0.1, 0.15) is 0 Å². The summed E-state index contributed by atoms with van der Waals surface area (Å²) in [6, 6.07) is 10.4. The Morgan fingerprint density at radius 2 is 2.00 bits per heavy atom. The van der Waals surface area contributed by atoms with Crippen molar-refractivity contribution in [3.63, 3.8) is 0 Å². The molecule has 0 amide bonds. The van der Waals surface area contributed by atoms with Crippen molar-refractivity contribution in [2.45, 2.75) is 44.1 Å². The van der Waals surface area contributed by atoms with E-state index in [1.165, 1.54) is 12.0 Å². The molecule has 1 saturated carbocycles. The SMILES string of the molecule is C=C(C)CC(O)C1(c2ccccc2)CCC1. The van der Waals surface area contributed by atoms with E-state index in [9.17, 15) is 5.11 Å². The van der Waals surface area contributed by atoms with Gasteiger partial charge in [-0.25, -0.2) is 0 Å². The zero-order chi connectivity index (χ0) is 11.6. The molecule has 1 fully saturated rings. The quantitative estimate of drug-likeness (QED) is 0.764. The van der Waals surface area contributed by atoms with Crippen LogP contribution in [0.5, 0.6) is 0 Å². The van der Waals surface area contributed by atoms with Crippen molar-refractivity contribution in [2.24, 2.45) is 0 Å². The molecule has 0 aromatic heterocycles. The number of aliphatic hydroxyl groups is 1. The van der Waals surface area contributed by atoms with Crippen LogP contribution in [0.15, 0.2) is 42.5 Å². The fourth-order valence-electron chi connectivity index (χ4n) is 2.67. The molecule has 1 unspecified atom stereocenters. The summed E-state index contributed by atoms with van der Waals surface area (Å²) in [6.45, 7) is 5.89. The second-order valence-corrected chi connectivity index (χ2v) is 5.05. The van der Waals surface area contributed by atoms with Crippen LogP contribution in [0.3, 0.4) is 0 Å². The fraction of sp³-hybridized carbons (Fsp3) is 0.467. The van der Waals surface area contributed by atoms with Crippen molar-refractivity contribution >= 4 is 0 Å². The van der Waals surface area contributed by atoms with Crippen molar-refractivity contribution in [3.8, 4) is 0 Å². The summed E-state index contributed by atoms with van der Waals surface area (Å²) in [7, 11) is 0. The van der Waals surface area contributed by atoms with Gasteiger partial charge in [-0.15, -0.1) is 6.58 Å². The zero-order valence-electron chi connectivity index (χ0n) is 9.95. The van der Waals surface area contributed by atoms with Gasteiger partial charge in [0.05, 0.1) is 6.10 Å². The van der Waals surface area contributed by atoms with Crippen molar-refractivity contribution in [2.75, 3.05) is 0 Å². The van der Waals surface area contributed by atoms with E-state index in [-0.39, 0.29) is 11.5 Å². The summed E-state index contributed by atoms with van der Waals surface area (Å²) >= 11 is 0. The lowest BCUT2D eigenvalue weighted by atomic mass is 9.60. The van der Waals surface area contributed by atoms with E-state index in [1.54, 1.807) is 0 Å². The first-order valence-corrected chi connectivity index (χ1v) is 6.03. The minimum atomic E-state index is -0.277. The molecule has 1 aliphatic carbocycles. The van der Waals surface area contributed by atoms with Gasteiger partial charge in [-0.05, 0) is 31.7 Å². The molecular formula is C15H20O. The van der Waals surface area contributed by atoms with Gasteiger partial charge in [0.15, 0.2) is 0 Å². The normalized spacial score (nSPS) is 19.9. The Kier molecular flexibility index (Phi) is 3.15. The lowest BCUT2D eigenvalue weighted by Gasteiger charge is -2.46. The van der Waals surface area contributed by atoms with Crippen LogP contribution in [-0.4, -0.2) is 11.2 Å². The highest BCUT2D eigenvalue weighted by atomic mass is 16.3. The highest BCUT2D eigenvalue weighted by Crippen LogP contribution is 2.47. The van der Waals surface area contributed by atoms with Crippen LogP contribution < -0.4 is 0 Å². The third-order valence-corrected chi connectivity index (χ3v) is 3.77. The molecule has 1 nitrogen and oxygen atoms in total. The van der Waals surface area contributed by atoms with Crippen molar-refractivity contribution in [3.05, 3.63) is 48.0 Å². The smallest absolute Gasteiger partial charge is 0.0673 e. The van der Waals surface area contributed by atoms with Gasteiger partial charge in [-0.3, -0.25) is 0 Å². The maximum absolute atomic E-state index is 10.4. The van der Waals surface area contributed by atoms with Crippen LogP contribution in [0.25, 0.3) is 0 Å². The van der Waals surface area contributed by atoms with Crippen LogP contribution >= 0.6 is 0 Å². The van der Waals surface area contributed by atoms with Gasteiger partial charge >= 0.3 is 0 Å². The summed E-state index contributed by atoms with van der Waals surface area (Å²) in [4.78, 5) is 0. The van der Waals surface area contributed by atoms with Gasteiger partial charge in [0.25, 0.3) is 0 Å². The molecule has 0 spiro atoms. The van der Waals surface area contributed by atoms with Crippen LogP contribution in [0.1, 0.15) is 38.2 Å². The first kappa shape index (κ1) is 11.4. The molecule has 0 radical (unpaired) electrons. The van der Waals surface area contributed by atoms with Gasteiger partial charge in [0, 0.05) is 5.41 Å². The minimum Gasteiger partial charge on any atom is -0.392 e. The molecule has 16 heavy (non-hydrogen) atoms. The van der Waals surface area contributed by atoms with Gasteiger partial charge < -0.3 is 5.11 Å². The van der Waals surface area contributed by atoms with Crippen LogP contribution in [0, 0.1) is 0 Å². The highest BCUT2D eigenvalue weighted by molar-refractivity contribution is 5.30. The van der Waals surface area contributed by atoms with Crippen LogP contribution in [-0.2, 0) is 5.41 Å². The number of hydrogen-bond donors (Lipinski definition) is 1. The molecular weight excluding hydrogens is 196 g/mol. The molecule has 0 aliphatic heterocycles. The van der Waals surface area contributed by atoms with Crippen molar-refractivity contribution in [1.82, 2.24) is 0 Å². The first-order chi connectivity index (χ1) is 7.65. The molecule has 86 valence electrons. The van der Waals surface area contributed by atoms with E-state index in [1.807, 2.05) is 13.0 Å².